The topological polar surface area (TPSA) is 95.5 Å². The third kappa shape index (κ3) is 5.98. The van der Waals surface area contributed by atoms with Crippen molar-refractivity contribution < 1.29 is 23.9 Å². The quantitative estimate of drug-likeness (QED) is 0.600. The van der Waals surface area contributed by atoms with Crippen molar-refractivity contribution >= 4 is 17.8 Å². The fourth-order valence-electron chi connectivity index (χ4n) is 2.23. The molecule has 0 saturated heterocycles. The molecule has 3 N–H and O–H groups in total. The van der Waals surface area contributed by atoms with Crippen molar-refractivity contribution in [2.24, 2.45) is 0 Å². The lowest BCUT2D eigenvalue weighted by atomic mass is 9.91. The predicted octanol–water partition coefficient (Wildman–Crippen LogP) is 1.94. The van der Waals surface area contributed by atoms with Gasteiger partial charge in [-0.05, 0) is 37.5 Å². The Morgan fingerprint density at radius 3 is 2.29 bits per heavy atom. The molecule has 0 aliphatic carbocycles. The summed E-state index contributed by atoms with van der Waals surface area (Å²) in [6, 6.07) is 5.00. The molecular weight excluding hydrogens is 315 g/mol. The average molecular weight is 338 g/mol. The van der Waals surface area contributed by atoms with Crippen LogP contribution in [-0.4, -0.2) is 29.4 Å². The molecule has 1 aromatic carbocycles. The van der Waals surface area contributed by atoms with E-state index < -0.39 is 17.3 Å². The maximum absolute atomic E-state index is 13.0. The molecule has 0 radical (unpaired) electrons. The highest BCUT2D eigenvalue weighted by Crippen LogP contribution is 2.22. The van der Waals surface area contributed by atoms with Crippen molar-refractivity contribution in [1.82, 2.24) is 10.6 Å². The van der Waals surface area contributed by atoms with Crippen LogP contribution in [0.2, 0.25) is 0 Å². The van der Waals surface area contributed by atoms with Gasteiger partial charge in [-0.2, -0.15) is 0 Å². The molecule has 24 heavy (non-hydrogen) atoms. The summed E-state index contributed by atoms with van der Waals surface area (Å²) in [6.45, 7) is 3.37. The second kappa shape index (κ2) is 9.00. The van der Waals surface area contributed by atoms with Crippen LogP contribution in [0.4, 0.5) is 4.39 Å². The Bertz CT molecular complexity index is 589. The SMILES string of the molecule is CC(=O)NCCCCCC(=O)NC(C)(C(=O)O)c1ccc(F)cc1. The van der Waals surface area contributed by atoms with Crippen LogP contribution in [0.1, 0.15) is 45.1 Å². The number of halogens is 1. The van der Waals surface area contributed by atoms with E-state index in [-0.39, 0.29) is 18.2 Å². The van der Waals surface area contributed by atoms with Crippen LogP contribution < -0.4 is 10.6 Å². The van der Waals surface area contributed by atoms with Gasteiger partial charge in [0, 0.05) is 19.9 Å². The van der Waals surface area contributed by atoms with E-state index >= 15 is 0 Å². The van der Waals surface area contributed by atoms with Gasteiger partial charge in [-0.15, -0.1) is 0 Å². The third-order valence-electron chi connectivity index (χ3n) is 3.69. The Balaban J connectivity index is 2.53. The predicted molar refractivity (Wildman–Crippen MR) is 86.7 cm³/mol. The lowest BCUT2D eigenvalue weighted by molar-refractivity contribution is -0.147. The number of carbonyl (C=O) groups is 3. The molecule has 0 heterocycles. The zero-order valence-electron chi connectivity index (χ0n) is 13.9. The minimum atomic E-state index is -1.61. The van der Waals surface area contributed by atoms with Gasteiger partial charge in [-0.1, -0.05) is 18.6 Å². The molecule has 1 aromatic rings. The van der Waals surface area contributed by atoms with Crippen molar-refractivity contribution in [3.63, 3.8) is 0 Å². The summed E-state index contributed by atoms with van der Waals surface area (Å²) in [5.41, 5.74) is -1.31. The van der Waals surface area contributed by atoms with E-state index in [1.54, 1.807) is 0 Å². The lowest BCUT2D eigenvalue weighted by Crippen LogP contribution is -2.49. The second-order valence-electron chi connectivity index (χ2n) is 5.78. The van der Waals surface area contributed by atoms with Crippen LogP contribution in [0.15, 0.2) is 24.3 Å². The Morgan fingerprint density at radius 1 is 1.12 bits per heavy atom. The van der Waals surface area contributed by atoms with E-state index in [4.69, 9.17) is 0 Å². The normalized spacial score (nSPS) is 13.0. The van der Waals surface area contributed by atoms with Crippen LogP contribution in [0, 0.1) is 5.82 Å². The molecule has 6 nitrogen and oxygen atoms in total. The molecule has 1 unspecified atom stereocenters. The molecule has 132 valence electrons. The van der Waals surface area contributed by atoms with E-state index in [1.807, 2.05) is 0 Å². The highest BCUT2D eigenvalue weighted by atomic mass is 19.1. The molecule has 0 fully saturated rings. The van der Waals surface area contributed by atoms with Gasteiger partial charge in [0.2, 0.25) is 11.8 Å². The first-order valence-electron chi connectivity index (χ1n) is 7.80. The van der Waals surface area contributed by atoms with Gasteiger partial charge in [-0.25, -0.2) is 9.18 Å². The molecule has 0 spiro atoms. The largest absolute Gasteiger partial charge is 0.479 e. The number of nitrogens with one attached hydrogen (secondary N) is 2. The molecule has 0 saturated carbocycles. The molecule has 1 rings (SSSR count). The van der Waals surface area contributed by atoms with Crippen molar-refractivity contribution in [3.8, 4) is 0 Å². The Labute approximate surface area is 140 Å². The van der Waals surface area contributed by atoms with Crippen molar-refractivity contribution in [2.75, 3.05) is 6.54 Å². The number of carboxylic acid groups (broad SMARTS) is 1. The van der Waals surface area contributed by atoms with Gasteiger partial charge in [0.1, 0.15) is 5.82 Å². The van der Waals surface area contributed by atoms with E-state index in [2.05, 4.69) is 10.6 Å². The number of aliphatic carboxylic acids is 1. The van der Waals surface area contributed by atoms with Crippen LogP contribution in [0.5, 0.6) is 0 Å². The monoisotopic (exact) mass is 338 g/mol. The first-order valence-corrected chi connectivity index (χ1v) is 7.80. The molecule has 7 heteroatoms. The molecule has 2 amide bonds. The molecule has 0 aromatic heterocycles. The number of carboxylic acids is 1. The lowest BCUT2D eigenvalue weighted by Gasteiger charge is -2.27. The van der Waals surface area contributed by atoms with E-state index in [0.29, 0.717) is 18.5 Å². The molecular formula is C17H23FN2O4. The summed E-state index contributed by atoms with van der Waals surface area (Å²) < 4.78 is 13.0. The average Bonchev–Trinajstić information content (AvgIpc) is 2.50. The van der Waals surface area contributed by atoms with Crippen LogP contribution in [0.3, 0.4) is 0 Å². The zero-order chi connectivity index (χ0) is 18.2. The summed E-state index contributed by atoms with van der Waals surface area (Å²) in [5.74, 6) is -2.17. The van der Waals surface area contributed by atoms with Gasteiger partial charge in [0.25, 0.3) is 0 Å². The summed E-state index contributed by atoms with van der Waals surface area (Å²) >= 11 is 0. The first-order chi connectivity index (χ1) is 11.3. The summed E-state index contributed by atoms with van der Waals surface area (Å²) in [6.07, 6.45) is 2.27. The number of hydrogen-bond donors (Lipinski definition) is 3. The fourth-order valence-corrected chi connectivity index (χ4v) is 2.23. The highest BCUT2D eigenvalue weighted by molar-refractivity contribution is 5.87. The Morgan fingerprint density at radius 2 is 1.75 bits per heavy atom. The van der Waals surface area contributed by atoms with E-state index in [9.17, 15) is 23.9 Å². The van der Waals surface area contributed by atoms with Gasteiger partial charge in [-0.3, -0.25) is 9.59 Å². The number of rotatable bonds is 9. The number of carbonyl (C=O) groups excluding carboxylic acids is 2. The third-order valence-corrected chi connectivity index (χ3v) is 3.69. The molecule has 0 aliphatic rings. The van der Waals surface area contributed by atoms with Gasteiger partial charge in [0.15, 0.2) is 5.54 Å². The van der Waals surface area contributed by atoms with Gasteiger partial charge >= 0.3 is 5.97 Å². The van der Waals surface area contributed by atoms with Crippen molar-refractivity contribution in [3.05, 3.63) is 35.6 Å². The van der Waals surface area contributed by atoms with E-state index in [1.165, 1.54) is 26.0 Å². The minimum Gasteiger partial charge on any atom is -0.479 e. The number of benzene rings is 1. The maximum Gasteiger partial charge on any atom is 0.333 e. The number of amides is 2. The van der Waals surface area contributed by atoms with E-state index in [0.717, 1.165) is 25.0 Å². The zero-order valence-corrected chi connectivity index (χ0v) is 13.9. The van der Waals surface area contributed by atoms with Crippen LogP contribution in [0.25, 0.3) is 0 Å². The summed E-state index contributed by atoms with van der Waals surface area (Å²) in [5, 5.41) is 14.6. The number of unbranched alkanes of at least 4 members (excludes halogenated alkanes) is 2. The minimum absolute atomic E-state index is 0.0933. The first kappa shape index (κ1) is 19.6. The van der Waals surface area contributed by atoms with Crippen LogP contribution in [-0.2, 0) is 19.9 Å². The van der Waals surface area contributed by atoms with Crippen molar-refractivity contribution in [2.45, 2.75) is 45.1 Å². The standard InChI is InChI=1S/C17H23FN2O4/c1-12(21)19-11-5-3-4-6-15(22)20-17(2,16(23)24)13-7-9-14(18)10-8-13/h7-10H,3-6,11H2,1-2H3,(H,19,21)(H,20,22)(H,23,24). The van der Waals surface area contributed by atoms with Gasteiger partial charge in [0.05, 0.1) is 0 Å². The molecule has 0 aliphatic heterocycles. The van der Waals surface area contributed by atoms with Crippen molar-refractivity contribution in [1.29, 1.82) is 0 Å². The Kier molecular flexibility index (Phi) is 7.35. The molecule has 1 atom stereocenters. The van der Waals surface area contributed by atoms with Gasteiger partial charge < -0.3 is 15.7 Å². The number of hydrogen-bond acceptors (Lipinski definition) is 3. The summed E-state index contributed by atoms with van der Waals surface area (Å²) in [7, 11) is 0. The summed E-state index contributed by atoms with van der Waals surface area (Å²) in [4.78, 5) is 34.3. The smallest absolute Gasteiger partial charge is 0.333 e. The Hall–Kier alpha value is -2.44. The second-order valence-corrected chi connectivity index (χ2v) is 5.78. The molecule has 0 bridgehead atoms. The van der Waals surface area contributed by atoms with Crippen LogP contribution >= 0.6 is 0 Å². The maximum atomic E-state index is 13.0. The fraction of sp³-hybridized carbons (Fsp3) is 0.471. The highest BCUT2D eigenvalue weighted by Gasteiger charge is 2.36.